The van der Waals surface area contributed by atoms with E-state index in [1.54, 1.807) is 24.3 Å². The van der Waals surface area contributed by atoms with E-state index in [1.165, 1.54) is 12.0 Å². The molecule has 1 aromatic carbocycles. The standard InChI is InChI=1S/C17H24N2O7S2/c1-26-16(25)10-8-28-15(14(24)13(23)12(22)11(21)7-20)19(10)17(27)18-9-5-3-2-4-6-9/h2-6,10-15,20-24H,7-8H2,1H3,(H,18,27)/t10-,11+,12+,13-,14+,15?/m0/s1. The number of rotatable bonds is 7. The number of nitrogens with zero attached hydrogens (tertiary/aromatic N) is 1. The molecule has 1 aromatic rings. The molecule has 11 heteroatoms. The fourth-order valence-corrected chi connectivity index (χ4v) is 4.65. The molecule has 6 atom stereocenters. The summed E-state index contributed by atoms with van der Waals surface area (Å²) in [5.74, 6) is -0.332. The summed E-state index contributed by atoms with van der Waals surface area (Å²) in [6.07, 6.45) is -6.77. The van der Waals surface area contributed by atoms with Crippen LogP contribution in [0.2, 0.25) is 0 Å². The molecular weight excluding hydrogens is 408 g/mol. The first-order valence-electron chi connectivity index (χ1n) is 8.48. The van der Waals surface area contributed by atoms with E-state index in [2.05, 4.69) is 5.32 Å². The lowest BCUT2D eigenvalue weighted by molar-refractivity contribution is -0.146. The molecule has 28 heavy (non-hydrogen) atoms. The first-order chi connectivity index (χ1) is 13.3. The minimum atomic E-state index is -1.78. The topological polar surface area (TPSA) is 143 Å². The Kier molecular flexibility index (Phi) is 8.43. The van der Waals surface area contributed by atoms with E-state index in [0.29, 0.717) is 5.69 Å². The van der Waals surface area contributed by atoms with Gasteiger partial charge in [-0.3, -0.25) is 0 Å². The Balaban J connectivity index is 2.23. The number of benzene rings is 1. The summed E-state index contributed by atoms with van der Waals surface area (Å²) in [5, 5.41) is 51.4. The van der Waals surface area contributed by atoms with Gasteiger partial charge in [-0.05, 0) is 24.4 Å². The molecule has 156 valence electrons. The van der Waals surface area contributed by atoms with Gasteiger partial charge in [-0.1, -0.05) is 18.2 Å². The molecule has 9 nitrogen and oxygen atoms in total. The molecule has 0 radical (unpaired) electrons. The Morgan fingerprint density at radius 2 is 1.93 bits per heavy atom. The largest absolute Gasteiger partial charge is 0.467 e. The number of esters is 1. The number of aliphatic hydroxyl groups excluding tert-OH is 5. The lowest BCUT2D eigenvalue weighted by Gasteiger charge is -2.36. The molecule has 1 heterocycles. The van der Waals surface area contributed by atoms with Gasteiger partial charge in [-0.2, -0.15) is 0 Å². The summed E-state index contributed by atoms with van der Waals surface area (Å²) >= 11 is 6.56. The zero-order valence-electron chi connectivity index (χ0n) is 15.1. The fourth-order valence-electron chi connectivity index (χ4n) is 2.78. The maximum atomic E-state index is 12.2. The molecule has 1 aliphatic heterocycles. The summed E-state index contributed by atoms with van der Waals surface area (Å²) in [7, 11) is 1.23. The Hall–Kier alpha value is -1.47. The number of hydrogen-bond acceptors (Lipinski definition) is 9. The molecular formula is C17H24N2O7S2. The lowest BCUT2D eigenvalue weighted by Crippen LogP contribution is -2.56. The van der Waals surface area contributed by atoms with E-state index in [9.17, 15) is 25.2 Å². The van der Waals surface area contributed by atoms with Gasteiger partial charge in [0.15, 0.2) is 5.11 Å². The number of nitrogens with one attached hydrogen (secondary N) is 1. The smallest absolute Gasteiger partial charge is 0.329 e. The van der Waals surface area contributed by atoms with Crippen LogP contribution in [0, 0.1) is 0 Å². The molecule has 0 aromatic heterocycles. The fraction of sp³-hybridized carbons (Fsp3) is 0.529. The average Bonchev–Trinajstić information content (AvgIpc) is 3.16. The van der Waals surface area contributed by atoms with Crippen molar-refractivity contribution in [1.82, 2.24) is 4.90 Å². The summed E-state index contributed by atoms with van der Waals surface area (Å²) in [4.78, 5) is 13.6. The quantitative estimate of drug-likeness (QED) is 0.227. The van der Waals surface area contributed by atoms with Crippen molar-refractivity contribution in [2.24, 2.45) is 0 Å². The van der Waals surface area contributed by atoms with Gasteiger partial charge in [0.1, 0.15) is 35.8 Å². The van der Waals surface area contributed by atoms with E-state index in [4.69, 9.17) is 22.1 Å². The molecule has 0 aliphatic carbocycles. The maximum absolute atomic E-state index is 12.2. The molecule has 0 spiro atoms. The van der Waals surface area contributed by atoms with Crippen molar-refractivity contribution in [3.05, 3.63) is 30.3 Å². The first-order valence-corrected chi connectivity index (χ1v) is 9.94. The van der Waals surface area contributed by atoms with Crippen LogP contribution in [0.25, 0.3) is 0 Å². The van der Waals surface area contributed by atoms with Crippen LogP contribution in [0.15, 0.2) is 30.3 Å². The molecule has 1 unspecified atom stereocenters. The zero-order valence-corrected chi connectivity index (χ0v) is 16.7. The highest BCUT2D eigenvalue weighted by Gasteiger charge is 2.47. The second-order valence-corrected chi connectivity index (χ2v) is 7.72. The molecule has 1 fully saturated rings. The number of anilines is 1. The third-order valence-electron chi connectivity index (χ3n) is 4.34. The van der Waals surface area contributed by atoms with E-state index < -0.39 is 48.4 Å². The lowest BCUT2D eigenvalue weighted by atomic mass is 10.0. The highest BCUT2D eigenvalue weighted by Crippen LogP contribution is 2.34. The third-order valence-corrected chi connectivity index (χ3v) is 6.01. The van der Waals surface area contributed by atoms with Crippen molar-refractivity contribution in [1.29, 1.82) is 0 Å². The Morgan fingerprint density at radius 1 is 1.29 bits per heavy atom. The highest BCUT2D eigenvalue weighted by atomic mass is 32.2. The number of carbonyl (C=O) groups excluding carboxylic acids is 1. The van der Waals surface area contributed by atoms with Crippen LogP contribution < -0.4 is 5.32 Å². The van der Waals surface area contributed by atoms with E-state index in [1.807, 2.05) is 6.07 Å². The SMILES string of the molecule is COC(=O)[C@@H]1CSC([C@H](O)[C@@H](O)[C@H](O)[C@H](O)CO)N1C(=S)Nc1ccccc1. The summed E-state index contributed by atoms with van der Waals surface area (Å²) in [6.45, 7) is -0.786. The van der Waals surface area contributed by atoms with Crippen molar-refractivity contribution in [3.63, 3.8) is 0 Å². The predicted molar refractivity (Wildman–Crippen MR) is 108 cm³/mol. The van der Waals surface area contributed by atoms with Crippen molar-refractivity contribution in [2.45, 2.75) is 35.8 Å². The Labute approximate surface area is 171 Å². The number of thioether (sulfide) groups is 1. The van der Waals surface area contributed by atoms with Gasteiger partial charge in [-0.15, -0.1) is 11.8 Å². The Bertz CT molecular complexity index is 666. The molecule has 6 N–H and O–H groups in total. The minimum absolute atomic E-state index is 0.125. The van der Waals surface area contributed by atoms with Crippen molar-refractivity contribution in [2.75, 3.05) is 24.8 Å². The van der Waals surface area contributed by atoms with Crippen LogP contribution in [0.5, 0.6) is 0 Å². The summed E-state index contributed by atoms with van der Waals surface area (Å²) < 4.78 is 4.81. The van der Waals surface area contributed by atoms with E-state index in [0.717, 1.165) is 11.8 Å². The molecule has 0 amide bonds. The molecule has 1 saturated heterocycles. The summed E-state index contributed by atoms with van der Waals surface area (Å²) in [6, 6.07) is 8.14. The van der Waals surface area contributed by atoms with Gasteiger partial charge < -0.3 is 40.5 Å². The van der Waals surface area contributed by atoms with Crippen molar-refractivity contribution in [3.8, 4) is 0 Å². The van der Waals surface area contributed by atoms with Crippen molar-refractivity contribution >= 4 is 40.7 Å². The number of carbonyl (C=O) groups is 1. The normalized spacial score (nSPS) is 23.6. The van der Waals surface area contributed by atoms with Crippen LogP contribution >= 0.6 is 24.0 Å². The second-order valence-electron chi connectivity index (χ2n) is 6.19. The predicted octanol–water partition coefficient (Wildman–Crippen LogP) is -1.26. The van der Waals surface area contributed by atoms with Gasteiger partial charge in [0, 0.05) is 11.4 Å². The van der Waals surface area contributed by atoms with Crippen LogP contribution in [-0.2, 0) is 9.53 Å². The molecule has 0 saturated carbocycles. The van der Waals surface area contributed by atoms with Gasteiger partial charge >= 0.3 is 5.97 Å². The van der Waals surface area contributed by atoms with Crippen LogP contribution in [0.3, 0.4) is 0 Å². The van der Waals surface area contributed by atoms with Gasteiger partial charge in [0.05, 0.1) is 13.7 Å². The van der Waals surface area contributed by atoms with Gasteiger partial charge in [0.2, 0.25) is 0 Å². The zero-order chi connectivity index (χ0) is 20.8. The van der Waals surface area contributed by atoms with E-state index in [-0.39, 0.29) is 10.9 Å². The first kappa shape index (κ1) is 22.8. The molecule has 0 bridgehead atoms. The van der Waals surface area contributed by atoms with Gasteiger partial charge in [-0.25, -0.2) is 4.79 Å². The number of methoxy groups -OCH3 is 1. The molecule has 2 rings (SSSR count). The summed E-state index contributed by atoms with van der Waals surface area (Å²) in [5.41, 5.74) is 0.664. The van der Waals surface area contributed by atoms with Crippen LogP contribution in [0.1, 0.15) is 0 Å². The number of ether oxygens (including phenoxy) is 1. The maximum Gasteiger partial charge on any atom is 0.329 e. The monoisotopic (exact) mass is 432 g/mol. The number of thiocarbonyl (C=S) groups is 1. The number of hydrogen-bond donors (Lipinski definition) is 6. The van der Waals surface area contributed by atoms with Crippen LogP contribution in [0.4, 0.5) is 5.69 Å². The highest BCUT2D eigenvalue weighted by molar-refractivity contribution is 8.00. The number of aliphatic hydroxyl groups is 5. The van der Waals surface area contributed by atoms with Crippen molar-refractivity contribution < 1.29 is 35.1 Å². The average molecular weight is 433 g/mol. The van der Waals surface area contributed by atoms with Gasteiger partial charge in [0.25, 0.3) is 0 Å². The Morgan fingerprint density at radius 3 is 2.50 bits per heavy atom. The third kappa shape index (κ3) is 5.11. The van der Waals surface area contributed by atoms with Crippen LogP contribution in [-0.4, -0.2) is 96.8 Å². The second kappa shape index (κ2) is 10.3. The van der Waals surface area contributed by atoms with E-state index >= 15 is 0 Å². The molecule has 1 aliphatic rings. The minimum Gasteiger partial charge on any atom is -0.467 e. The number of para-hydroxylation sites is 1.